The molecule has 2 rings (SSSR count). The van der Waals surface area contributed by atoms with Crippen molar-refractivity contribution >= 4 is 40.5 Å². The van der Waals surface area contributed by atoms with Crippen LogP contribution in [0.25, 0.3) is 11.0 Å². The smallest absolute Gasteiger partial charge is 0.348 e. The Morgan fingerprint density at radius 3 is 2.88 bits per heavy atom. The van der Waals surface area contributed by atoms with E-state index in [0.717, 1.165) is 17.1 Å². The van der Waals surface area contributed by atoms with Crippen LogP contribution in [0.3, 0.4) is 0 Å². The van der Waals surface area contributed by atoms with Gasteiger partial charge in [-0.1, -0.05) is 30.0 Å². The van der Waals surface area contributed by atoms with Gasteiger partial charge < -0.3 is 4.42 Å². The molecule has 0 aliphatic carbocycles. The number of hydrogen-bond donors (Lipinski definition) is 1. The van der Waals surface area contributed by atoms with Crippen LogP contribution in [0.1, 0.15) is 10.4 Å². The second-order valence-corrected chi connectivity index (χ2v) is 4.86. The van der Waals surface area contributed by atoms with E-state index in [1.54, 1.807) is 24.3 Å². The molecule has 0 saturated carbocycles. The van der Waals surface area contributed by atoms with Crippen molar-refractivity contribution in [3.8, 4) is 0 Å². The van der Waals surface area contributed by atoms with Gasteiger partial charge in [-0.2, -0.15) is 12.6 Å². The van der Waals surface area contributed by atoms with Gasteiger partial charge in [0.15, 0.2) is 0 Å². The summed E-state index contributed by atoms with van der Waals surface area (Å²) in [5.41, 5.74) is 0.00379. The molecular formula is C12H10O3S2. The summed E-state index contributed by atoms with van der Waals surface area (Å²) in [5, 5.41) is 0.487. The van der Waals surface area contributed by atoms with E-state index >= 15 is 0 Å². The Morgan fingerprint density at radius 2 is 2.12 bits per heavy atom. The van der Waals surface area contributed by atoms with Crippen molar-refractivity contribution in [1.82, 2.24) is 0 Å². The van der Waals surface area contributed by atoms with Gasteiger partial charge in [-0.3, -0.25) is 4.79 Å². The number of hydrogen-bond acceptors (Lipinski definition) is 5. The van der Waals surface area contributed by atoms with Gasteiger partial charge in [-0.25, -0.2) is 4.79 Å². The molecule has 0 bridgehead atoms. The number of carbonyl (C=O) groups excluding carboxylic acids is 1. The number of benzene rings is 1. The summed E-state index contributed by atoms with van der Waals surface area (Å²) in [4.78, 5) is 23.4. The lowest BCUT2D eigenvalue weighted by atomic mass is 10.2. The summed E-state index contributed by atoms with van der Waals surface area (Å²) in [6, 6.07) is 8.69. The Balaban J connectivity index is 2.44. The molecule has 3 nitrogen and oxygen atoms in total. The van der Waals surface area contributed by atoms with Gasteiger partial charge in [0, 0.05) is 11.1 Å². The van der Waals surface area contributed by atoms with E-state index in [4.69, 9.17) is 4.42 Å². The number of rotatable bonds is 3. The minimum Gasteiger partial charge on any atom is -0.422 e. The molecular weight excluding hydrogens is 256 g/mol. The fourth-order valence-corrected chi connectivity index (χ4v) is 2.27. The first kappa shape index (κ1) is 12.3. The summed E-state index contributed by atoms with van der Waals surface area (Å²) in [6.07, 6.45) is 0. The molecule has 0 N–H and O–H groups in total. The summed E-state index contributed by atoms with van der Waals surface area (Å²) >= 11 is 5.09. The lowest BCUT2D eigenvalue weighted by Gasteiger charge is -2.00. The van der Waals surface area contributed by atoms with E-state index in [9.17, 15) is 9.59 Å². The average molecular weight is 266 g/mol. The van der Waals surface area contributed by atoms with Crippen LogP contribution in [0, 0.1) is 0 Å². The highest BCUT2D eigenvalue weighted by Gasteiger charge is 2.13. The van der Waals surface area contributed by atoms with Crippen LogP contribution < -0.4 is 5.63 Å². The Labute approximate surface area is 108 Å². The molecule has 0 saturated heterocycles. The first-order valence-electron chi connectivity index (χ1n) is 5.03. The van der Waals surface area contributed by atoms with Crippen LogP contribution in [-0.2, 0) is 0 Å². The summed E-state index contributed by atoms with van der Waals surface area (Å²) < 4.78 is 5.09. The van der Waals surface area contributed by atoms with Gasteiger partial charge in [0.25, 0.3) is 0 Å². The number of thiol groups is 1. The van der Waals surface area contributed by atoms with Crippen LogP contribution in [-0.4, -0.2) is 16.6 Å². The molecule has 0 fully saturated rings. The minimum absolute atomic E-state index is 0.0930. The lowest BCUT2D eigenvalue weighted by Crippen LogP contribution is -2.11. The third-order valence-electron chi connectivity index (χ3n) is 2.19. The highest BCUT2D eigenvalue weighted by atomic mass is 32.2. The monoisotopic (exact) mass is 266 g/mol. The molecule has 1 aromatic heterocycles. The van der Waals surface area contributed by atoms with Gasteiger partial charge in [0.2, 0.25) is 5.12 Å². The highest BCUT2D eigenvalue weighted by molar-refractivity contribution is 8.14. The molecule has 0 atom stereocenters. The van der Waals surface area contributed by atoms with Gasteiger partial charge in [-0.15, -0.1) is 0 Å². The molecule has 0 unspecified atom stereocenters. The topological polar surface area (TPSA) is 47.3 Å². The summed E-state index contributed by atoms with van der Waals surface area (Å²) in [7, 11) is 0. The third kappa shape index (κ3) is 2.73. The largest absolute Gasteiger partial charge is 0.422 e. The second-order valence-electron chi connectivity index (χ2n) is 3.34. The molecule has 2 aromatic rings. The molecule has 0 spiro atoms. The first-order chi connectivity index (χ1) is 8.22. The van der Waals surface area contributed by atoms with Crippen molar-refractivity contribution in [3.63, 3.8) is 0 Å². The van der Waals surface area contributed by atoms with Crippen molar-refractivity contribution in [3.05, 3.63) is 46.3 Å². The zero-order valence-corrected chi connectivity index (χ0v) is 10.6. The Hall–Kier alpha value is -1.20. The second kappa shape index (κ2) is 5.42. The molecule has 0 radical (unpaired) electrons. The van der Waals surface area contributed by atoms with Crippen LogP contribution in [0.4, 0.5) is 0 Å². The molecule has 0 aliphatic heterocycles. The number of thioether (sulfide) groups is 1. The maximum absolute atomic E-state index is 11.7. The van der Waals surface area contributed by atoms with Crippen molar-refractivity contribution in [1.29, 1.82) is 0 Å². The third-order valence-corrected chi connectivity index (χ3v) is 3.60. The van der Waals surface area contributed by atoms with Gasteiger partial charge in [0.05, 0.1) is 0 Å². The standard InChI is InChI=1S/C12H10O3S2/c13-11-9(12(14)17-6-5-16)7-8-3-1-2-4-10(8)15-11/h1-4,7,16H,5-6H2. The molecule has 1 aromatic carbocycles. The van der Waals surface area contributed by atoms with Crippen LogP contribution in [0.2, 0.25) is 0 Å². The summed E-state index contributed by atoms with van der Waals surface area (Å²) in [6.45, 7) is 0. The minimum atomic E-state index is -0.583. The normalized spacial score (nSPS) is 10.6. The first-order valence-corrected chi connectivity index (χ1v) is 6.65. The zero-order valence-electron chi connectivity index (χ0n) is 8.88. The van der Waals surface area contributed by atoms with Crippen LogP contribution in [0.5, 0.6) is 0 Å². The van der Waals surface area contributed by atoms with E-state index in [1.165, 1.54) is 0 Å². The molecule has 5 heteroatoms. The van der Waals surface area contributed by atoms with Gasteiger partial charge in [0.1, 0.15) is 11.1 Å². The van der Waals surface area contributed by atoms with Crippen molar-refractivity contribution in [2.75, 3.05) is 11.5 Å². The molecule has 1 heterocycles. The van der Waals surface area contributed by atoms with Crippen LogP contribution >= 0.6 is 24.4 Å². The predicted molar refractivity (Wildman–Crippen MR) is 73.1 cm³/mol. The molecule has 0 amide bonds. The maximum Gasteiger partial charge on any atom is 0.348 e. The Bertz CT molecular complexity index is 604. The van der Waals surface area contributed by atoms with E-state index in [1.807, 2.05) is 6.07 Å². The highest BCUT2D eigenvalue weighted by Crippen LogP contribution is 2.16. The molecule has 0 aliphatic rings. The summed E-state index contributed by atoms with van der Waals surface area (Å²) in [5.74, 6) is 1.17. The maximum atomic E-state index is 11.7. The van der Waals surface area contributed by atoms with Crippen molar-refractivity contribution in [2.45, 2.75) is 0 Å². The lowest BCUT2D eigenvalue weighted by molar-refractivity contribution is 0.108. The van der Waals surface area contributed by atoms with E-state index < -0.39 is 5.63 Å². The fourth-order valence-electron chi connectivity index (χ4n) is 1.42. The van der Waals surface area contributed by atoms with Crippen molar-refractivity contribution < 1.29 is 9.21 Å². The van der Waals surface area contributed by atoms with E-state index in [-0.39, 0.29) is 10.7 Å². The quantitative estimate of drug-likeness (QED) is 0.685. The van der Waals surface area contributed by atoms with Crippen LogP contribution in [0.15, 0.2) is 39.5 Å². The average Bonchev–Trinajstić information content (AvgIpc) is 2.35. The predicted octanol–water partition coefficient (Wildman–Crippen LogP) is 2.60. The Kier molecular flexibility index (Phi) is 3.91. The van der Waals surface area contributed by atoms with Crippen molar-refractivity contribution in [2.24, 2.45) is 0 Å². The SMILES string of the molecule is O=C(SCCS)c1cc2ccccc2oc1=O. The molecule has 17 heavy (non-hydrogen) atoms. The Morgan fingerprint density at radius 1 is 1.35 bits per heavy atom. The number of carbonyl (C=O) groups is 1. The van der Waals surface area contributed by atoms with Gasteiger partial charge >= 0.3 is 5.63 Å². The molecule has 88 valence electrons. The van der Waals surface area contributed by atoms with E-state index in [2.05, 4.69) is 12.6 Å². The van der Waals surface area contributed by atoms with E-state index in [0.29, 0.717) is 17.1 Å². The van der Waals surface area contributed by atoms with Gasteiger partial charge in [-0.05, 0) is 17.9 Å². The fraction of sp³-hybridized carbons (Fsp3) is 0.167. The number of para-hydroxylation sites is 1. The zero-order chi connectivity index (χ0) is 12.3. The number of fused-ring (bicyclic) bond motifs is 1.